The average molecular weight is 719 g/mol. The fraction of sp³-hybridized carbons (Fsp3) is 0.278. The van der Waals surface area contributed by atoms with Crippen LogP contribution in [-0.4, -0.2) is 49.4 Å². The number of aromatic nitrogens is 3. The second-order valence-corrected chi connectivity index (χ2v) is 13.8. The van der Waals surface area contributed by atoms with E-state index in [-0.39, 0.29) is 35.2 Å². The normalized spacial score (nSPS) is 16.2. The van der Waals surface area contributed by atoms with E-state index in [4.69, 9.17) is 9.47 Å². The Morgan fingerprint density at radius 3 is 2.39 bits per heavy atom. The highest BCUT2D eigenvalue weighted by Gasteiger charge is 2.44. The van der Waals surface area contributed by atoms with Gasteiger partial charge in [-0.25, -0.2) is 19.7 Å². The molecule has 2 atom stereocenters. The molecule has 0 spiro atoms. The number of thiazole rings is 1. The van der Waals surface area contributed by atoms with Crippen LogP contribution in [0.1, 0.15) is 57.7 Å². The number of ether oxygens (including phenoxy) is 2. The average Bonchev–Trinajstić information content (AvgIpc) is 3.69. The number of nitrogens with one attached hydrogen (secondary N) is 2. The number of carbonyl (C=O) groups is 3. The van der Waals surface area contributed by atoms with E-state index in [0.717, 1.165) is 22.4 Å². The summed E-state index contributed by atoms with van der Waals surface area (Å²) in [6.07, 6.45) is -3.56. The highest BCUT2D eigenvalue weighted by atomic mass is 32.1. The zero-order valence-electron chi connectivity index (χ0n) is 27.9. The molecular formula is C36H33F3N6O5S. The third kappa shape index (κ3) is 8.09. The molecule has 3 heterocycles. The minimum Gasteiger partial charge on any atom is -0.444 e. The van der Waals surface area contributed by atoms with Crippen LogP contribution in [0.4, 0.5) is 28.8 Å². The number of para-hydroxylation sites is 1. The molecule has 0 saturated carbocycles. The van der Waals surface area contributed by atoms with Crippen LogP contribution < -0.4 is 15.4 Å². The van der Waals surface area contributed by atoms with Crippen molar-refractivity contribution in [1.29, 1.82) is 0 Å². The van der Waals surface area contributed by atoms with Gasteiger partial charge in [0.05, 0.1) is 27.7 Å². The Balaban J connectivity index is 1.33. The van der Waals surface area contributed by atoms with E-state index >= 15 is 0 Å². The second kappa shape index (κ2) is 14.0. The van der Waals surface area contributed by atoms with Crippen molar-refractivity contribution >= 4 is 50.3 Å². The number of hydrogen-bond donors (Lipinski definition) is 2. The van der Waals surface area contributed by atoms with Crippen LogP contribution in [0.3, 0.4) is 0 Å². The zero-order chi connectivity index (χ0) is 36.5. The molecule has 0 radical (unpaired) electrons. The summed E-state index contributed by atoms with van der Waals surface area (Å²) in [5.41, 5.74) is -0.443. The summed E-state index contributed by atoms with van der Waals surface area (Å²) in [7, 11) is 0. The van der Waals surface area contributed by atoms with Gasteiger partial charge in [-0.1, -0.05) is 53.8 Å². The van der Waals surface area contributed by atoms with Gasteiger partial charge >= 0.3 is 12.3 Å². The molecule has 3 aromatic carbocycles. The van der Waals surface area contributed by atoms with Gasteiger partial charge in [-0.15, -0.1) is 0 Å². The Kier molecular flexibility index (Phi) is 9.66. The number of fused-ring (bicyclic) bond motifs is 1. The number of anilines is 2. The minimum absolute atomic E-state index is 0.0522. The van der Waals surface area contributed by atoms with Gasteiger partial charge in [-0.3, -0.25) is 14.5 Å². The Morgan fingerprint density at radius 2 is 1.69 bits per heavy atom. The number of rotatable bonds is 7. The number of halogens is 3. The molecule has 0 aliphatic carbocycles. The number of likely N-dealkylation sites (tertiary alicyclic amines) is 1. The SMILES string of the molecule is CC(=O)Nc1nc2c(Oc3cc(-c4ccc(C(F)(F)F)cc4NC(=O)C4CCC(c5ccccc5)N4C(=O)OC(C)(C)C)ncn3)cccc2s1. The van der Waals surface area contributed by atoms with Crippen molar-refractivity contribution in [3.05, 3.63) is 90.3 Å². The number of carbonyl (C=O) groups excluding carboxylic acids is 3. The highest BCUT2D eigenvalue weighted by molar-refractivity contribution is 7.22. The van der Waals surface area contributed by atoms with E-state index in [1.165, 1.54) is 41.6 Å². The van der Waals surface area contributed by atoms with Crippen LogP contribution in [0, 0.1) is 0 Å². The molecule has 5 aromatic rings. The minimum atomic E-state index is -4.71. The number of benzene rings is 3. The second-order valence-electron chi connectivity index (χ2n) is 12.8. The summed E-state index contributed by atoms with van der Waals surface area (Å²) in [6.45, 7) is 6.50. The smallest absolute Gasteiger partial charge is 0.416 e. The van der Waals surface area contributed by atoms with Crippen LogP contribution >= 0.6 is 11.3 Å². The predicted octanol–water partition coefficient (Wildman–Crippen LogP) is 8.60. The molecule has 51 heavy (non-hydrogen) atoms. The maximum Gasteiger partial charge on any atom is 0.416 e. The summed E-state index contributed by atoms with van der Waals surface area (Å²) in [6, 6.07) is 17.2. The molecule has 11 nitrogen and oxygen atoms in total. The third-order valence-electron chi connectivity index (χ3n) is 7.88. The van der Waals surface area contributed by atoms with Gasteiger partial charge in [-0.05, 0) is 63.4 Å². The van der Waals surface area contributed by atoms with E-state index < -0.39 is 41.4 Å². The molecule has 3 amide bonds. The number of nitrogens with zero attached hydrogens (tertiary/aromatic N) is 4. The molecule has 1 saturated heterocycles. The van der Waals surface area contributed by atoms with E-state index in [9.17, 15) is 27.6 Å². The Bertz CT molecular complexity index is 2100. The third-order valence-corrected chi connectivity index (χ3v) is 8.81. The van der Waals surface area contributed by atoms with Crippen LogP contribution in [0.15, 0.2) is 79.1 Å². The fourth-order valence-electron chi connectivity index (χ4n) is 5.77. The first-order valence-electron chi connectivity index (χ1n) is 15.9. The molecule has 1 aliphatic heterocycles. The van der Waals surface area contributed by atoms with Crippen LogP contribution in [0.25, 0.3) is 21.5 Å². The van der Waals surface area contributed by atoms with Crippen molar-refractivity contribution in [1.82, 2.24) is 19.9 Å². The lowest BCUT2D eigenvalue weighted by atomic mass is 10.0. The molecule has 0 bridgehead atoms. The van der Waals surface area contributed by atoms with Crippen molar-refractivity contribution in [3.63, 3.8) is 0 Å². The number of alkyl halides is 3. The summed E-state index contributed by atoms with van der Waals surface area (Å²) < 4.78 is 54.3. The molecule has 2 unspecified atom stereocenters. The summed E-state index contributed by atoms with van der Waals surface area (Å²) in [5.74, 6) is -0.591. The van der Waals surface area contributed by atoms with Crippen LogP contribution in [0.2, 0.25) is 0 Å². The van der Waals surface area contributed by atoms with E-state index in [2.05, 4.69) is 25.6 Å². The number of amides is 3. The Labute approximate surface area is 294 Å². The maximum absolute atomic E-state index is 14.0. The predicted molar refractivity (Wildman–Crippen MR) is 185 cm³/mol. The van der Waals surface area contributed by atoms with Crippen LogP contribution in [-0.2, 0) is 20.5 Å². The molecule has 264 valence electrons. The lowest BCUT2D eigenvalue weighted by molar-refractivity contribution is -0.137. The molecule has 2 N–H and O–H groups in total. The fourth-order valence-corrected chi connectivity index (χ4v) is 6.70. The zero-order valence-corrected chi connectivity index (χ0v) is 28.8. The lowest BCUT2D eigenvalue weighted by Crippen LogP contribution is -2.46. The standard InChI is InChI=1S/C36H33F3N6O5S/c1-20(46)42-33-44-31-28(11-8-12-29(31)51-33)49-30-18-24(40-19-41-30)23-14-13-22(36(37,38)39)17-25(23)43-32(47)27-16-15-26(21-9-6-5-7-10-21)45(27)34(48)50-35(2,3)4/h5-14,17-19,26-27H,15-16H2,1-4H3,(H,43,47)(H,42,44,46). The lowest BCUT2D eigenvalue weighted by Gasteiger charge is -2.32. The Morgan fingerprint density at radius 1 is 0.922 bits per heavy atom. The first-order chi connectivity index (χ1) is 24.2. The first kappa shape index (κ1) is 35.3. The molecule has 2 aromatic heterocycles. The highest BCUT2D eigenvalue weighted by Crippen LogP contribution is 2.40. The molecule has 6 rings (SSSR count). The Hall–Kier alpha value is -5.57. The van der Waals surface area contributed by atoms with Gasteiger partial charge in [0.2, 0.25) is 17.7 Å². The molecule has 1 fully saturated rings. The van der Waals surface area contributed by atoms with Crippen molar-refractivity contribution in [3.8, 4) is 22.9 Å². The van der Waals surface area contributed by atoms with Gasteiger partial charge in [0, 0.05) is 18.6 Å². The topological polar surface area (TPSA) is 136 Å². The number of hydrogen-bond acceptors (Lipinski definition) is 9. The summed E-state index contributed by atoms with van der Waals surface area (Å²) in [5, 5.41) is 5.69. The van der Waals surface area contributed by atoms with Gasteiger partial charge in [0.15, 0.2) is 10.9 Å². The quantitative estimate of drug-likeness (QED) is 0.171. The molecule has 1 aliphatic rings. The monoisotopic (exact) mass is 718 g/mol. The molecule has 15 heteroatoms. The first-order valence-corrected chi connectivity index (χ1v) is 16.7. The van der Waals surface area contributed by atoms with E-state index in [1.807, 2.05) is 36.4 Å². The van der Waals surface area contributed by atoms with Gasteiger partial charge in [0.1, 0.15) is 23.5 Å². The molecular weight excluding hydrogens is 685 g/mol. The van der Waals surface area contributed by atoms with E-state index in [1.54, 1.807) is 32.9 Å². The largest absolute Gasteiger partial charge is 0.444 e. The van der Waals surface area contributed by atoms with E-state index in [0.29, 0.717) is 22.8 Å². The summed E-state index contributed by atoms with van der Waals surface area (Å²) >= 11 is 1.25. The van der Waals surface area contributed by atoms with Gasteiger partial charge in [0.25, 0.3) is 0 Å². The van der Waals surface area contributed by atoms with Crippen molar-refractivity contribution in [2.45, 2.75) is 64.4 Å². The van der Waals surface area contributed by atoms with Crippen molar-refractivity contribution < 1.29 is 37.0 Å². The van der Waals surface area contributed by atoms with Gasteiger partial charge in [-0.2, -0.15) is 13.2 Å². The van der Waals surface area contributed by atoms with Crippen molar-refractivity contribution in [2.24, 2.45) is 0 Å². The maximum atomic E-state index is 14.0. The summed E-state index contributed by atoms with van der Waals surface area (Å²) in [4.78, 5) is 53.3. The van der Waals surface area contributed by atoms with Crippen molar-refractivity contribution in [2.75, 3.05) is 10.6 Å². The van der Waals surface area contributed by atoms with Crippen LogP contribution in [0.5, 0.6) is 11.6 Å². The van der Waals surface area contributed by atoms with Gasteiger partial charge < -0.3 is 20.1 Å².